The molecule has 0 aromatic heterocycles. The van der Waals surface area contributed by atoms with Gasteiger partial charge in [-0.25, -0.2) is 0 Å². The largest absolute Gasteiger partial charge is 0.336 e. The van der Waals surface area contributed by atoms with Crippen LogP contribution < -0.4 is 15.5 Å². The number of nitrogens with one attached hydrogen (secondary N) is 1. The summed E-state index contributed by atoms with van der Waals surface area (Å²) < 4.78 is 0. The van der Waals surface area contributed by atoms with E-state index in [4.69, 9.17) is 0 Å². The number of quaternary nitrogens is 1. The molecule has 0 saturated carbocycles. The molecule has 3 aromatic rings. The fourth-order valence-corrected chi connectivity index (χ4v) is 4.15. The molecule has 2 amide bonds. The number of rotatable bonds is 8. The standard InChI is InChI=1S/C27H29N3O2/c1-20-9-11-22(12-10-20)27(21-6-3-2-4-7-21)28-18-17-25(31)29-23-13-15-24(16-14-23)30-19-5-8-26(30)32/h2-4,6-7,9-16,27-28H,5,8,17-19H2,1H3,(H,29,31)/p+1/t27-/m0/s1. The fourth-order valence-electron chi connectivity index (χ4n) is 4.15. The van der Waals surface area contributed by atoms with Crippen molar-refractivity contribution in [3.8, 4) is 0 Å². The molecular weight excluding hydrogens is 398 g/mol. The normalized spacial score (nSPS) is 14.4. The number of carbonyl (C=O) groups excluding carboxylic acids is 2. The van der Waals surface area contributed by atoms with E-state index in [9.17, 15) is 9.59 Å². The Morgan fingerprint density at radius 3 is 2.31 bits per heavy atom. The predicted octanol–water partition coefficient (Wildman–Crippen LogP) is 3.80. The first-order valence-corrected chi connectivity index (χ1v) is 11.3. The maximum absolute atomic E-state index is 12.5. The molecule has 164 valence electrons. The van der Waals surface area contributed by atoms with Crippen LogP contribution in [0.2, 0.25) is 0 Å². The van der Waals surface area contributed by atoms with Crippen LogP contribution in [0.25, 0.3) is 0 Å². The highest BCUT2D eigenvalue weighted by Crippen LogP contribution is 2.23. The Hall–Kier alpha value is -3.44. The summed E-state index contributed by atoms with van der Waals surface area (Å²) in [4.78, 5) is 26.2. The van der Waals surface area contributed by atoms with E-state index in [1.165, 1.54) is 16.7 Å². The zero-order valence-corrected chi connectivity index (χ0v) is 18.5. The molecule has 0 bridgehead atoms. The van der Waals surface area contributed by atoms with Crippen LogP contribution in [0.4, 0.5) is 11.4 Å². The lowest BCUT2D eigenvalue weighted by Gasteiger charge is -2.17. The number of amides is 2. The summed E-state index contributed by atoms with van der Waals surface area (Å²) >= 11 is 0. The Kier molecular flexibility index (Phi) is 6.97. The van der Waals surface area contributed by atoms with Gasteiger partial charge in [0, 0.05) is 35.5 Å². The average molecular weight is 429 g/mol. The van der Waals surface area contributed by atoms with Crippen LogP contribution in [0.1, 0.15) is 42.0 Å². The predicted molar refractivity (Wildman–Crippen MR) is 128 cm³/mol. The van der Waals surface area contributed by atoms with Crippen molar-refractivity contribution >= 4 is 23.2 Å². The van der Waals surface area contributed by atoms with E-state index < -0.39 is 0 Å². The van der Waals surface area contributed by atoms with Gasteiger partial charge in [0.25, 0.3) is 0 Å². The van der Waals surface area contributed by atoms with Crippen LogP contribution in [0.5, 0.6) is 0 Å². The number of anilines is 2. The van der Waals surface area contributed by atoms with Gasteiger partial charge < -0.3 is 15.5 Å². The van der Waals surface area contributed by atoms with Crippen molar-refractivity contribution in [2.75, 3.05) is 23.3 Å². The van der Waals surface area contributed by atoms with Crippen molar-refractivity contribution in [3.63, 3.8) is 0 Å². The highest BCUT2D eigenvalue weighted by Gasteiger charge is 2.21. The van der Waals surface area contributed by atoms with Gasteiger partial charge in [0.1, 0.15) is 6.04 Å². The molecule has 0 unspecified atom stereocenters. The molecule has 0 spiro atoms. The molecule has 5 nitrogen and oxygen atoms in total. The van der Waals surface area contributed by atoms with Gasteiger partial charge in [-0.15, -0.1) is 0 Å². The first kappa shape index (κ1) is 21.8. The van der Waals surface area contributed by atoms with Gasteiger partial charge in [0.15, 0.2) is 0 Å². The lowest BCUT2D eigenvalue weighted by molar-refractivity contribution is -0.686. The van der Waals surface area contributed by atoms with Gasteiger partial charge >= 0.3 is 0 Å². The minimum absolute atomic E-state index is 0.0121. The molecule has 3 aromatic carbocycles. The van der Waals surface area contributed by atoms with Gasteiger partial charge in [-0.05, 0) is 37.6 Å². The molecule has 1 aliphatic rings. The van der Waals surface area contributed by atoms with E-state index >= 15 is 0 Å². The molecule has 4 rings (SSSR count). The lowest BCUT2D eigenvalue weighted by atomic mass is 9.98. The van der Waals surface area contributed by atoms with Crippen LogP contribution >= 0.6 is 0 Å². The molecule has 1 fully saturated rings. The van der Waals surface area contributed by atoms with Crippen molar-refractivity contribution in [2.24, 2.45) is 0 Å². The van der Waals surface area contributed by atoms with E-state index in [0.29, 0.717) is 19.4 Å². The van der Waals surface area contributed by atoms with E-state index in [1.807, 2.05) is 30.3 Å². The molecule has 0 radical (unpaired) electrons. The SMILES string of the molecule is Cc1ccc([C@@H]([NH2+]CCC(=O)Nc2ccc(N3CCCC3=O)cc2)c2ccccc2)cc1. The first-order valence-electron chi connectivity index (χ1n) is 11.3. The smallest absolute Gasteiger partial charge is 0.230 e. The van der Waals surface area contributed by atoms with E-state index in [2.05, 4.69) is 66.1 Å². The monoisotopic (exact) mass is 428 g/mol. The molecule has 1 saturated heterocycles. The molecule has 1 atom stereocenters. The maximum Gasteiger partial charge on any atom is 0.230 e. The molecular formula is C27H30N3O2+. The first-order chi connectivity index (χ1) is 15.6. The van der Waals surface area contributed by atoms with E-state index in [1.54, 1.807) is 4.90 Å². The number of hydrogen-bond acceptors (Lipinski definition) is 2. The number of aryl methyl sites for hydroxylation is 1. The number of nitrogens with zero attached hydrogens (tertiary/aromatic N) is 1. The van der Waals surface area contributed by atoms with Crippen molar-refractivity contribution in [3.05, 3.63) is 95.6 Å². The van der Waals surface area contributed by atoms with Gasteiger partial charge in [0.05, 0.1) is 13.0 Å². The van der Waals surface area contributed by atoms with Crippen molar-refractivity contribution < 1.29 is 14.9 Å². The second kappa shape index (κ2) is 10.2. The third-order valence-electron chi connectivity index (χ3n) is 5.91. The fraction of sp³-hybridized carbons (Fsp3) is 0.259. The number of hydrogen-bond donors (Lipinski definition) is 2. The summed E-state index contributed by atoms with van der Waals surface area (Å²) in [6, 6.07) is 26.7. The minimum atomic E-state index is -0.0121. The van der Waals surface area contributed by atoms with Crippen LogP contribution in [0.3, 0.4) is 0 Å². The van der Waals surface area contributed by atoms with Crippen molar-refractivity contribution in [2.45, 2.75) is 32.2 Å². The molecule has 32 heavy (non-hydrogen) atoms. The summed E-state index contributed by atoms with van der Waals surface area (Å²) in [5.41, 5.74) is 5.34. The Morgan fingerprint density at radius 2 is 1.66 bits per heavy atom. The minimum Gasteiger partial charge on any atom is -0.336 e. The zero-order chi connectivity index (χ0) is 22.3. The summed E-state index contributed by atoms with van der Waals surface area (Å²) in [6.45, 7) is 3.54. The summed E-state index contributed by atoms with van der Waals surface area (Å²) in [5, 5.41) is 5.19. The molecule has 5 heteroatoms. The highest BCUT2D eigenvalue weighted by molar-refractivity contribution is 5.96. The third kappa shape index (κ3) is 5.42. The van der Waals surface area contributed by atoms with Crippen molar-refractivity contribution in [1.82, 2.24) is 0 Å². The molecule has 1 aliphatic heterocycles. The zero-order valence-electron chi connectivity index (χ0n) is 18.5. The topological polar surface area (TPSA) is 66.0 Å². The Labute approximate surface area is 189 Å². The summed E-state index contributed by atoms with van der Waals surface area (Å²) in [6.07, 6.45) is 1.93. The lowest BCUT2D eigenvalue weighted by Crippen LogP contribution is -2.85. The average Bonchev–Trinajstić information content (AvgIpc) is 3.24. The Morgan fingerprint density at radius 1 is 0.969 bits per heavy atom. The second-order valence-corrected chi connectivity index (χ2v) is 8.32. The van der Waals surface area contributed by atoms with Crippen LogP contribution in [0.15, 0.2) is 78.9 Å². The second-order valence-electron chi connectivity index (χ2n) is 8.32. The van der Waals surface area contributed by atoms with Gasteiger partial charge in [-0.1, -0.05) is 60.2 Å². The number of benzene rings is 3. The van der Waals surface area contributed by atoms with Gasteiger partial charge in [-0.3, -0.25) is 9.59 Å². The Balaban J connectivity index is 1.33. The molecule has 0 aliphatic carbocycles. The Bertz CT molecular complexity index is 1050. The number of nitrogens with two attached hydrogens (primary N) is 1. The van der Waals surface area contributed by atoms with Gasteiger partial charge in [-0.2, -0.15) is 0 Å². The number of carbonyl (C=O) groups is 2. The summed E-state index contributed by atoms with van der Waals surface area (Å²) in [5.74, 6) is 0.154. The highest BCUT2D eigenvalue weighted by atomic mass is 16.2. The van der Waals surface area contributed by atoms with E-state index in [0.717, 1.165) is 24.3 Å². The molecule has 1 heterocycles. The van der Waals surface area contributed by atoms with Gasteiger partial charge in [0.2, 0.25) is 11.8 Å². The quantitative estimate of drug-likeness (QED) is 0.573. The summed E-state index contributed by atoms with van der Waals surface area (Å²) in [7, 11) is 0. The maximum atomic E-state index is 12.5. The molecule has 3 N–H and O–H groups in total. The van der Waals surface area contributed by atoms with Crippen LogP contribution in [-0.4, -0.2) is 24.9 Å². The van der Waals surface area contributed by atoms with E-state index in [-0.39, 0.29) is 17.9 Å². The van der Waals surface area contributed by atoms with Crippen molar-refractivity contribution in [1.29, 1.82) is 0 Å². The van der Waals surface area contributed by atoms with Crippen LogP contribution in [-0.2, 0) is 9.59 Å². The third-order valence-corrected chi connectivity index (χ3v) is 5.91. The van der Waals surface area contributed by atoms with Crippen LogP contribution in [0, 0.1) is 6.92 Å².